The maximum absolute atomic E-state index is 6.40. The fourth-order valence-electron chi connectivity index (χ4n) is 5.06. The number of aromatic nitrogens is 3. The Labute approximate surface area is 208 Å². The molecule has 8 aromatic rings. The van der Waals surface area contributed by atoms with Gasteiger partial charge in [-0.1, -0.05) is 35.6 Å². The number of benzene rings is 3. The van der Waals surface area contributed by atoms with Crippen LogP contribution in [0.15, 0.2) is 108 Å². The van der Waals surface area contributed by atoms with Crippen molar-refractivity contribution in [2.24, 2.45) is 0 Å². The molecule has 8 rings (SSSR count). The highest BCUT2D eigenvalue weighted by atomic mass is 32.1. The van der Waals surface area contributed by atoms with E-state index < -0.39 is 0 Å². The maximum atomic E-state index is 6.40. The molecular formula is C30H17N3O2S. The molecule has 0 atom stereocenters. The maximum Gasteiger partial charge on any atom is 0.191 e. The van der Waals surface area contributed by atoms with Gasteiger partial charge in [0.05, 0.1) is 26.6 Å². The molecule has 0 amide bonds. The minimum absolute atomic E-state index is 0.750. The van der Waals surface area contributed by atoms with E-state index >= 15 is 0 Å². The minimum atomic E-state index is 0.750. The van der Waals surface area contributed by atoms with Crippen LogP contribution in [0.1, 0.15) is 0 Å². The van der Waals surface area contributed by atoms with Gasteiger partial charge in [-0.2, -0.15) is 0 Å². The van der Waals surface area contributed by atoms with Crippen LogP contribution in [0.3, 0.4) is 0 Å². The Morgan fingerprint density at radius 3 is 2.47 bits per heavy atom. The van der Waals surface area contributed by atoms with Crippen molar-refractivity contribution < 1.29 is 9.15 Å². The molecule has 5 heterocycles. The number of para-hydroxylation sites is 1. The fourth-order valence-corrected chi connectivity index (χ4v) is 6.10. The predicted octanol–water partition coefficient (Wildman–Crippen LogP) is 8.48. The molecule has 0 saturated heterocycles. The van der Waals surface area contributed by atoms with Crippen molar-refractivity contribution >= 4 is 64.6 Å². The van der Waals surface area contributed by atoms with E-state index in [4.69, 9.17) is 9.15 Å². The number of thiophene rings is 1. The van der Waals surface area contributed by atoms with Gasteiger partial charge < -0.3 is 9.15 Å². The molecule has 0 aliphatic heterocycles. The molecule has 5 aromatic heterocycles. The van der Waals surface area contributed by atoms with Gasteiger partial charge in [-0.3, -0.25) is 9.55 Å². The molecule has 0 aliphatic carbocycles. The lowest BCUT2D eigenvalue weighted by Crippen LogP contribution is -1.96. The summed E-state index contributed by atoms with van der Waals surface area (Å²) in [6.45, 7) is 0. The van der Waals surface area contributed by atoms with E-state index in [-0.39, 0.29) is 0 Å². The van der Waals surface area contributed by atoms with Gasteiger partial charge in [0.1, 0.15) is 22.9 Å². The van der Waals surface area contributed by atoms with E-state index in [0.29, 0.717) is 0 Å². The highest BCUT2D eigenvalue weighted by Crippen LogP contribution is 2.41. The summed E-state index contributed by atoms with van der Waals surface area (Å²) in [6.07, 6.45) is 3.64. The van der Waals surface area contributed by atoms with Gasteiger partial charge in [0, 0.05) is 34.6 Å². The van der Waals surface area contributed by atoms with Gasteiger partial charge >= 0.3 is 0 Å². The normalized spacial score (nSPS) is 11.9. The van der Waals surface area contributed by atoms with Crippen molar-refractivity contribution in [1.82, 2.24) is 14.5 Å². The summed E-state index contributed by atoms with van der Waals surface area (Å²) < 4.78 is 15.8. The lowest BCUT2D eigenvalue weighted by molar-refractivity contribution is 0.484. The first-order valence-electron chi connectivity index (χ1n) is 11.7. The number of nitrogens with zero attached hydrogens (tertiary/aromatic N) is 3. The Morgan fingerprint density at radius 1 is 0.694 bits per heavy atom. The first kappa shape index (κ1) is 19.6. The van der Waals surface area contributed by atoms with E-state index in [1.807, 2.05) is 60.9 Å². The van der Waals surface area contributed by atoms with E-state index in [0.717, 1.165) is 65.2 Å². The van der Waals surface area contributed by atoms with Crippen LogP contribution >= 0.6 is 11.3 Å². The zero-order valence-electron chi connectivity index (χ0n) is 18.9. The van der Waals surface area contributed by atoms with Crippen LogP contribution in [-0.2, 0) is 0 Å². The lowest BCUT2D eigenvalue weighted by Gasteiger charge is -2.09. The molecule has 3 aromatic carbocycles. The molecule has 170 valence electrons. The highest BCUT2D eigenvalue weighted by Gasteiger charge is 2.17. The zero-order chi connectivity index (χ0) is 23.6. The summed E-state index contributed by atoms with van der Waals surface area (Å²) in [7, 11) is 0. The SMILES string of the molecule is c1ccc(-n2c3ccccc3c3ccc(Oc4ccc5oc6sc7cccnc7c6c5c4)cc32)nc1. The molecule has 0 bridgehead atoms. The van der Waals surface area contributed by atoms with Crippen LogP contribution < -0.4 is 4.74 Å². The van der Waals surface area contributed by atoms with Gasteiger partial charge in [0.15, 0.2) is 4.90 Å². The monoisotopic (exact) mass is 483 g/mol. The van der Waals surface area contributed by atoms with Gasteiger partial charge in [-0.05, 0) is 60.7 Å². The van der Waals surface area contributed by atoms with Gasteiger partial charge in [-0.25, -0.2) is 4.98 Å². The predicted molar refractivity (Wildman–Crippen MR) is 146 cm³/mol. The fraction of sp³-hybridized carbons (Fsp3) is 0. The second-order valence-electron chi connectivity index (χ2n) is 8.70. The summed E-state index contributed by atoms with van der Waals surface area (Å²) in [4.78, 5) is 10.1. The molecule has 0 spiro atoms. The average molecular weight is 484 g/mol. The lowest BCUT2D eigenvalue weighted by atomic mass is 10.1. The molecular weight excluding hydrogens is 466 g/mol. The van der Waals surface area contributed by atoms with Crippen molar-refractivity contribution in [2.75, 3.05) is 0 Å². The van der Waals surface area contributed by atoms with E-state index in [1.165, 1.54) is 5.39 Å². The molecule has 0 N–H and O–H groups in total. The van der Waals surface area contributed by atoms with Crippen LogP contribution in [-0.4, -0.2) is 14.5 Å². The Bertz CT molecular complexity index is 2090. The first-order chi connectivity index (χ1) is 17.8. The van der Waals surface area contributed by atoms with Gasteiger partial charge in [0.2, 0.25) is 0 Å². The third kappa shape index (κ3) is 2.82. The molecule has 0 fully saturated rings. The first-order valence-corrected chi connectivity index (χ1v) is 12.5. The molecule has 36 heavy (non-hydrogen) atoms. The molecule has 6 heteroatoms. The van der Waals surface area contributed by atoms with Crippen LogP contribution in [0.5, 0.6) is 11.5 Å². The zero-order valence-corrected chi connectivity index (χ0v) is 19.7. The Kier molecular flexibility index (Phi) is 4.03. The number of pyridine rings is 2. The summed E-state index contributed by atoms with van der Waals surface area (Å²) in [6, 6.07) is 30.6. The summed E-state index contributed by atoms with van der Waals surface area (Å²) in [5.41, 5.74) is 3.96. The van der Waals surface area contributed by atoms with E-state index in [2.05, 4.69) is 57.0 Å². The summed E-state index contributed by atoms with van der Waals surface area (Å²) in [5, 5.41) is 4.40. The van der Waals surface area contributed by atoms with Gasteiger partial charge in [0.25, 0.3) is 0 Å². The number of hydrogen-bond acceptors (Lipinski definition) is 5. The van der Waals surface area contributed by atoms with Crippen molar-refractivity contribution in [1.29, 1.82) is 0 Å². The topological polar surface area (TPSA) is 53.1 Å². The quantitative estimate of drug-likeness (QED) is 0.253. The summed E-state index contributed by atoms with van der Waals surface area (Å²) >= 11 is 1.62. The number of rotatable bonds is 3. The average Bonchev–Trinajstić information content (AvgIpc) is 3.56. The molecule has 0 aliphatic rings. The van der Waals surface area contributed by atoms with Crippen molar-refractivity contribution in [3.05, 3.63) is 103 Å². The van der Waals surface area contributed by atoms with Crippen molar-refractivity contribution in [3.63, 3.8) is 0 Å². The Morgan fingerprint density at radius 2 is 1.53 bits per heavy atom. The third-order valence-corrected chi connectivity index (χ3v) is 7.62. The molecule has 0 unspecified atom stereocenters. The number of fused-ring (bicyclic) bond motifs is 8. The second-order valence-corrected chi connectivity index (χ2v) is 9.71. The molecule has 0 radical (unpaired) electrons. The number of hydrogen-bond donors (Lipinski definition) is 0. The number of ether oxygens (including phenoxy) is 1. The third-order valence-electron chi connectivity index (χ3n) is 6.60. The van der Waals surface area contributed by atoms with Crippen LogP contribution in [0.25, 0.3) is 59.1 Å². The number of furan rings is 1. The second kappa shape index (κ2) is 7.41. The van der Waals surface area contributed by atoms with Crippen LogP contribution in [0, 0.1) is 0 Å². The standard InChI is InChI=1S/C30H17N3O2S/c1-2-7-23-20(6-1)21-12-10-19(17-24(21)33(23)27-9-3-4-14-31-27)34-18-11-13-25-22(16-18)28-29-26(8-5-15-32-29)36-30(28)35-25/h1-17H. The Balaban J connectivity index is 1.29. The smallest absolute Gasteiger partial charge is 0.191 e. The summed E-state index contributed by atoms with van der Waals surface area (Å²) in [5.74, 6) is 2.38. The van der Waals surface area contributed by atoms with E-state index in [9.17, 15) is 0 Å². The van der Waals surface area contributed by atoms with Crippen molar-refractivity contribution in [3.8, 4) is 17.3 Å². The minimum Gasteiger partial charge on any atom is -0.457 e. The highest BCUT2D eigenvalue weighted by molar-refractivity contribution is 7.25. The van der Waals surface area contributed by atoms with Crippen LogP contribution in [0.2, 0.25) is 0 Å². The van der Waals surface area contributed by atoms with Crippen LogP contribution in [0.4, 0.5) is 0 Å². The molecule has 0 saturated carbocycles. The van der Waals surface area contributed by atoms with Crippen molar-refractivity contribution in [2.45, 2.75) is 0 Å². The van der Waals surface area contributed by atoms with Gasteiger partial charge in [-0.15, -0.1) is 0 Å². The van der Waals surface area contributed by atoms with E-state index in [1.54, 1.807) is 11.3 Å². The molecule has 5 nitrogen and oxygen atoms in total. The Hall–Kier alpha value is -4.68. The largest absolute Gasteiger partial charge is 0.457 e.